The van der Waals surface area contributed by atoms with Crippen molar-refractivity contribution in [1.29, 1.82) is 0 Å². The van der Waals surface area contributed by atoms with Gasteiger partial charge in [0.1, 0.15) is 0 Å². The molecule has 2 N–H and O–H groups in total. The summed E-state index contributed by atoms with van der Waals surface area (Å²) >= 11 is 8.25. The number of nitrogens with zero attached hydrogens (tertiary/aromatic N) is 1. The number of nitrogens with two attached hydrogens (primary N) is 1. The van der Waals surface area contributed by atoms with Crippen LogP contribution in [0.15, 0.2) is 24.3 Å². The lowest BCUT2D eigenvalue weighted by Gasteiger charge is -2.33. The molecule has 0 radical (unpaired) electrons. The van der Waals surface area contributed by atoms with Gasteiger partial charge in [0.15, 0.2) is 0 Å². The number of halogens is 1. The summed E-state index contributed by atoms with van der Waals surface area (Å²) in [5, 5.41) is 0.834. The van der Waals surface area contributed by atoms with E-state index in [1.54, 1.807) is 0 Å². The Bertz CT molecular complexity index is 373. The first-order valence-electron chi connectivity index (χ1n) is 6.86. The predicted molar refractivity (Wildman–Crippen MR) is 88.1 cm³/mol. The lowest BCUT2D eigenvalue weighted by molar-refractivity contribution is 0.185. The Hall–Kier alpha value is -0.220. The second-order valence-corrected chi connectivity index (χ2v) is 6.54. The molecule has 0 saturated carbocycles. The van der Waals surface area contributed by atoms with E-state index in [0.29, 0.717) is 12.6 Å². The lowest BCUT2D eigenvalue weighted by Crippen LogP contribution is -2.40. The Labute approximate surface area is 126 Å². The molecule has 0 aliphatic heterocycles. The van der Waals surface area contributed by atoms with Gasteiger partial charge in [0.05, 0.1) is 0 Å². The topological polar surface area (TPSA) is 29.3 Å². The third-order valence-corrected chi connectivity index (χ3v) is 4.89. The number of hydrogen-bond donors (Lipinski definition) is 1. The van der Waals surface area contributed by atoms with Crippen molar-refractivity contribution in [2.75, 3.05) is 25.1 Å². The minimum absolute atomic E-state index is 0.286. The number of thioether (sulfide) groups is 1. The molecular weight excluding hydrogens is 276 g/mol. The Kier molecular flexibility index (Phi) is 7.84. The zero-order valence-corrected chi connectivity index (χ0v) is 13.7. The van der Waals surface area contributed by atoms with Gasteiger partial charge >= 0.3 is 0 Å². The van der Waals surface area contributed by atoms with Crippen LogP contribution in [0.1, 0.15) is 31.9 Å². The average Bonchev–Trinajstić information content (AvgIpc) is 2.43. The van der Waals surface area contributed by atoms with E-state index in [1.165, 1.54) is 11.3 Å². The molecule has 0 aromatic heterocycles. The zero-order chi connectivity index (χ0) is 14.3. The summed E-state index contributed by atoms with van der Waals surface area (Å²) in [5.41, 5.74) is 7.10. The molecule has 4 heteroatoms. The molecule has 0 fully saturated rings. The Morgan fingerprint density at radius 1 is 1.37 bits per heavy atom. The predicted octanol–water partition coefficient (Wildman–Crippen LogP) is 3.80. The quantitative estimate of drug-likeness (QED) is 0.740. The van der Waals surface area contributed by atoms with Crippen LogP contribution >= 0.6 is 23.4 Å². The van der Waals surface area contributed by atoms with Crippen molar-refractivity contribution in [2.24, 2.45) is 5.73 Å². The first-order valence-corrected chi connectivity index (χ1v) is 8.39. The van der Waals surface area contributed by atoms with Crippen LogP contribution < -0.4 is 5.73 Å². The monoisotopic (exact) mass is 300 g/mol. The van der Waals surface area contributed by atoms with Crippen molar-refractivity contribution in [3.8, 4) is 0 Å². The van der Waals surface area contributed by atoms with Gasteiger partial charge in [-0.2, -0.15) is 11.8 Å². The Balaban J connectivity index is 2.68. The molecule has 19 heavy (non-hydrogen) atoms. The fraction of sp³-hybridized carbons (Fsp3) is 0.600. The second-order valence-electron chi connectivity index (χ2n) is 4.74. The first kappa shape index (κ1) is 16.8. The van der Waals surface area contributed by atoms with Crippen molar-refractivity contribution < 1.29 is 0 Å². The number of hydrogen-bond acceptors (Lipinski definition) is 3. The minimum Gasteiger partial charge on any atom is -0.329 e. The van der Waals surface area contributed by atoms with E-state index in [1.807, 2.05) is 30.0 Å². The maximum absolute atomic E-state index is 6.28. The van der Waals surface area contributed by atoms with Gasteiger partial charge in [-0.1, -0.05) is 36.7 Å². The number of benzene rings is 1. The van der Waals surface area contributed by atoms with Crippen LogP contribution in [0.4, 0.5) is 0 Å². The lowest BCUT2D eigenvalue weighted by atomic mass is 10.0. The van der Waals surface area contributed by atoms with Crippen molar-refractivity contribution in [3.05, 3.63) is 34.9 Å². The van der Waals surface area contributed by atoms with Crippen LogP contribution in [-0.4, -0.2) is 36.0 Å². The van der Waals surface area contributed by atoms with Crippen LogP contribution in [0.5, 0.6) is 0 Å². The highest BCUT2D eigenvalue weighted by molar-refractivity contribution is 7.99. The van der Waals surface area contributed by atoms with Crippen LogP contribution in [-0.2, 0) is 0 Å². The molecule has 0 heterocycles. The van der Waals surface area contributed by atoms with E-state index >= 15 is 0 Å². The molecule has 1 aromatic rings. The van der Waals surface area contributed by atoms with Crippen LogP contribution in [0.3, 0.4) is 0 Å². The molecule has 0 amide bonds. The summed E-state index contributed by atoms with van der Waals surface area (Å²) < 4.78 is 0. The van der Waals surface area contributed by atoms with Crippen molar-refractivity contribution in [2.45, 2.75) is 32.4 Å². The van der Waals surface area contributed by atoms with E-state index in [-0.39, 0.29) is 6.04 Å². The van der Waals surface area contributed by atoms with E-state index in [4.69, 9.17) is 17.3 Å². The molecule has 0 bridgehead atoms. The van der Waals surface area contributed by atoms with E-state index in [0.717, 1.165) is 17.2 Å². The zero-order valence-electron chi connectivity index (χ0n) is 12.1. The summed E-state index contributed by atoms with van der Waals surface area (Å²) in [6.45, 7) is 5.07. The molecule has 0 aliphatic carbocycles. The van der Waals surface area contributed by atoms with Crippen molar-refractivity contribution in [3.63, 3.8) is 0 Å². The third kappa shape index (κ3) is 4.99. The van der Waals surface area contributed by atoms with Crippen LogP contribution in [0.25, 0.3) is 0 Å². The van der Waals surface area contributed by atoms with Gasteiger partial charge in [-0.3, -0.25) is 4.90 Å². The Morgan fingerprint density at radius 2 is 2.05 bits per heavy atom. The molecule has 2 nitrogen and oxygen atoms in total. The molecule has 0 aliphatic rings. The molecule has 2 unspecified atom stereocenters. The molecular formula is C15H25ClN2S. The first-order chi connectivity index (χ1) is 9.11. The fourth-order valence-electron chi connectivity index (χ4n) is 2.20. The van der Waals surface area contributed by atoms with E-state index < -0.39 is 0 Å². The van der Waals surface area contributed by atoms with Crippen LogP contribution in [0, 0.1) is 0 Å². The maximum Gasteiger partial charge on any atom is 0.0453 e. The van der Waals surface area contributed by atoms with Crippen LogP contribution in [0.2, 0.25) is 5.02 Å². The van der Waals surface area contributed by atoms with Gasteiger partial charge in [-0.25, -0.2) is 0 Å². The summed E-state index contributed by atoms with van der Waals surface area (Å²) in [6, 6.07) is 8.75. The molecule has 0 spiro atoms. The minimum atomic E-state index is 0.286. The SMILES string of the molecule is CCSCCC(CN)N(C)C(C)c1ccccc1Cl. The van der Waals surface area contributed by atoms with E-state index in [9.17, 15) is 0 Å². The largest absolute Gasteiger partial charge is 0.329 e. The number of rotatable bonds is 8. The van der Waals surface area contributed by atoms with Gasteiger partial charge in [0, 0.05) is 23.7 Å². The second kappa shape index (κ2) is 8.85. The molecule has 108 valence electrons. The standard InChI is InChI=1S/C15H25ClN2S/c1-4-19-10-9-13(11-17)18(3)12(2)14-7-5-6-8-15(14)16/h5-8,12-13H,4,9-11,17H2,1-3H3. The highest BCUT2D eigenvalue weighted by Gasteiger charge is 2.21. The molecule has 1 rings (SSSR count). The summed E-state index contributed by atoms with van der Waals surface area (Å²) in [6.07, 6.45) is 1.13. The third-order valence-electron chi connectivity index (χ3n) is 3.61. The average molecular weight is 301 g/mol. The molecule has 0 saturated heterocycles. The van der Waals surface area contributed by atoms with Gasteiger partial charge < -0.3 is 5.73 Å². The van der Waals surface area contributed by atoms with Gasteiger partial charge in [-0.15, -0.1) is 0 Å². The fourth-order valence-corrected chi connectivity index (χ4v) is 3.22. The van der Waals surface area contributed by atoms with E-state index in [2.05, 4.69) is 31.9 Å². The van der Waals surface area contributed by atoms with Crippen molar-refractivity contribution in [1.82, 2.24) is 4.90 Å². The van der Waals surface area contributed by atoms with Gasteiger partial charge in [0.2, 0.25) is 0 Å². The molecule has 2 atom stereocenters. The summed E-state index contributed by atoms with van der Waals surface area (Å²) in [7, 11) is 2.14. The highest BCUT2D eigenvalue weighted by Crippen LogP contribution is 2.28. The maximum atomic E-state index is 6.28. The smallest absolute Gasteiger partial charge is 0.0453 e. The normalized spacial score (nSPS) is 14.6. The Morgan fingerprint density at radius 3 is 2.63 bits per heavy atom. The highest BCUT2D eigenvalue weighted by atomic mass is 35.5. The number of likely N-dealkylation sites (N-methyl/N-ethyl adjacent to an activating group) is 1. The summed E-state index contributed by atoms with van der Waals surface area (Å²) in [5.74, 6) is 2.33. The summed E-state index contributed by atoms with van der Waals surface area (Å²) in [4.78, 5) is 2.34. The van der Waals surface area contributed by atoms with Crippen molar-refractivity contribution >= 4 is 23.4 Å². The van der Waals surface area contributed by atoms with Gasteiger partial charge in [-0.05, 0) is 43.5 Å². The van der Waals surface area contributed by atoms with Gasteiger partial charge in [0.25, 0.3) is 0 Å². The molecule has 1 aromatic carbocycles.